The Labute approximate surface area is 160 Å². The molecule has 0 aliphatic rings. The van der Waals surface area contributed by atoms with Crippen LogP contribution in [0, 0.1) is 5.82 Å². The van der Waals surface area contributed by atoms with Crippen LogP contribution in [-0.4, -0.2) is 28.4 Å². The maximum Gasteiger partial charge on any atom is 0.338 e. The fraction of sp³-hybridized carbons (Fsp3) is 0.300. The molecule has 0 aromatic heterocycles. The van der Waals surface area contributed by atoms with Gasteiger partial charge in [0.1, 0.15) is 5.82 Å². The van der Waals surface area contributed by atoms with Crippen molar-refractivity contribution in [2.45, 2.75) is 31.7 Å². The Morgan fingerprint density at radius 2 is 1.81 bits per heavy atom. The SMILES string of the molecule is CC(OC(=O)c1cccc(CS(C)=O)c1)C(=O)NC(C)c1ccc(F)cc1. The average Bonchev–Trinajstić information content (AvgIpc) is 2.61. The molecule has 1 amide bonds. The molecule has 0 aliphatic carbocycles. The quantitative estimate of drug-likeness (QED) is 0.736. The van der Waals surface area contributed by atoms with Crippen LogP contribution in [0.15, 0.2) is 48.5 Å². The first-order valence-electron chi connectivity index (χ1n) is 8.42. The highest BCUT2D eigenvalue weighted by Gasteiger charge is 2.21. The fourth-order valence-corrected chi connectivity index (χ4v) is 3.12. The van der Waals surface area contributed by atoms with Gasteiger partial charge in [0.05, 0.1) is 11.6 Å². The summed E-state index contributed by atoms with van der Waals surface area (Å²) in [6, 6.07) is 12.1. The minimum atomic E-state index is -1.02. The van der Waals surface area contributed by atoms with Crippen LogP contribution in [0.3, 0.4) is 0 Å². The van der Waals surface area contributed by atoms with Gasteiger partial charge in [-0.15, -0.1) is 0 Å². The summed E-state index contributed by atoms with van der Waals surface area (Å²) in [5.74, 6) is -1.10. The van der Waals surface area contributed by atoms with E-state index in [2.05, 4.69) is 5.32 Å². The van der Waals surface area contributed by atoms with Gasteiger partial charge in [-0.2, -0.15) is 0 Å². The van der Waals surface area contributed by atoms with Crippen molar-refractivity contribution in [2.24, 2.45) is 0 Å². The van der Waals surface area contributed by atoms with Crippen molar-refractivity contribution < 1.29 is 22.9 Å². The molecule has 7 heteroatoms. The molecule has 2 aromatic rings. The number of esters is 1. The van der Waals surface area contributed by atoms with Gasteiger partial charge in [-0.05, 0) is 49.2 Å². The Balaban J connectivity index is 1.96. The molecule has 3 atom stereocenters. The molecular formula is C20H22FNO4S. The molecule has 0 aliphatic heterocycles. The molecule has 1 N–H and O–H groups in total. The van der Waals surface area contributed by atoms with Crippen LogP contribution in [0.4, 0.5) is 4.39 Å². The van der Waals surface area contributed by atoms with Crippen molar-refractivity contribution >= 4 is 22.7 Å². The Hall–Kier alpha value is -2.54. The summed E-state index contributed by atoms with van der Waals surface area (Å²) >= 11 is 0. The summed E-state index contributed by atoms with van der Waals surface area (Å²) in [6.07, 6.45) is 0.587. The van der Waals surface area contributed by atoms with E-state index in [0.717, 1.165) is 11.1 Å². The number of halogens is 1. The molecule has 27 heavy (non-hydrogen) atoms. The average molecular weight is 391 g/mol. The third kappa shape index (κ3) is 6.29. The van der Waals surface area contributed by atoms with Crippen molar-refractivity contribution in [3.05, 3.63) is 71.0 Å². The fourth-order valence-electron chi connectivity index (χ4n) is 2.47. The molecule has 0 bridgehead atoms. The molecule has 0 fully saturated rings. The first kappa shape index (κ1) is 20.8. The second kappa shape index (κ2) is 9.41. The molecule has 0 saturated carbocycles. The maximum atomic E-state index is 13.0. The maximum absolute atomic E-state index is 13.0. The van der Waals surface area contributed by atoms with Gasteiger partial charge in [0.2, 0.25) is 0 Å². The van der Waals surface area contributed by atoms with Crippen LogP contribution in [-0.2, 0) is 26.1 Å². The minimum Gasteiger partial charge on any atom is -0.449 e. The molecule has 3 unspecified atom stereocenters. The number of hydrogen-bond donors (Lipinski definition) is 1. The van der Waals surface area contributed by atoms with Crippen molar-refractivity contribution in [2.75, 3.05) is 6.26 Å². The van der Waals surface area contributed by atoms with Gasteiger partial charge in [-0.1, -0.05) is 24.3 Å². The summed E-state index contributed by atoms with van der Waals surface area (Å²) in [4.78, 5) is 24.5. The predicted octanol–water partition coefficient (Wildman–Crippen LogP) is 3.13. The molecule has 0 heterocycles. The van der Waals surface area contributed by atoms with E-state index < -0.39 is 28.8 Å². The summed E-state index contributed by atoms with van der Waals surface area (Å²) in [7, 11) is -1.02. The van der Waals surface area contributed by atoms with Crippen LogP contribution in [0.25, 0.3) is 0 Å². The Kier molecular flexibility index (Phi) is 7.24. The van der Waals surface area contributed by atoms with Crippen molar-refractivity contribution in [1.29, 1.82) is 0 Å². The number of nitrogens with one attached hydrogen (secondary N) is 1. The highest BCUT2D eigenvalue weighted by Crippen LogP contribution is 2.14. The zero-order valence-electron chi connectivity index (χ0n) is 15.4. The molecule has 144 valence electrons. The van der Waals surface area contributed by atoms with Gasteiger partial charge in [-0.25, -0.2) is 9.18 Å². The summed E-state index contributed by atoms with van der Waals surface area (Å²) in [6.45, 7) is 3.24. The van der Waals surface area contributed by atoms with Gasteiger partial charge in [0.15, 0.2) is 6.10 Å². The Bertz CT molecular complexity index is 838. The van der Waals surface area contributed by atoms with E-state index in [4.69, 9.17) is 4.74 Å². The number of ether oxygens (including phenoxy) is 1. The third-order valence-electron chi connectivity index (χ3n) is 3.91. The van der Waals surface area contributed by atoms with Crippen LogP contribution >= 0.6 is 0 Å². The van der Waals surface area contributed by atoms with E-state index >= 15 is 0 Å². The van der Waals surface area contributed by atoms with Crippen molar-refractivity contribution in [1.82, 2.24) is 5.32 Å². The van der Waals surface area contributed by atoms with E-state index in [1.807, 2.05) is 0 Å². The van der Waals surface area contributed by atoms with E-state index in [1.54, 1.807) is 49.6 Å². The Morgan fingerprint density at radius 3 is 2.44 bits per heavy atom. The van der Waals surface area contributed by atoms with E-state index in [9.17, 15) is 18.2 Å². The highest BCUT2D eigenvalue weighted by atomic mass is 32.2. The molecule has 2 rings (SSSR count). The van der Waals surface area contributed by atoms with Crippen LogP contribution < -0.4 is 5.32 Å². The molecule has 5 nitrogen and oxygen atoms in total. The Morgan fingerprint density at radius 1 is 1.15 bits per heavy atom. The zero-order chi connectivity index (χ0) is 20.0. The lowest BCUT2D eigenvalue weighted by Crippen LogP contribution is -2.37. The van der Waals surface area contributed by atoms with Crippen molar-refractivity contribution in [3.8, 4) is 0 Å². The highest BCUT2D eigenvalue weighted by molar-refractivity contribution is 7.83. The standard InChI is InChI=1S/C20H22FNO4S/c1-13(16-7-9-18(21)10-8-16)22-19(23)14(2)26-20(24)17-6-4-5-15(11-17)12-27(3)25/h4-11,13-14H,12H2,1-3H3,(H,22,23). The summed E-state index contributed by atoms with van der Waals surface area (Å²) in [5.41, 5.74) is 1.79. The monoisotopic (exact) mass is 391 g/mol. The second-order valence-corrected chi connectivity index (χ2v) is 7.68. The topological polar surface area (TPSA) is 72.5 Å². The van der Waals surface area contributed by atoms with Crippen LogP contribution in [0.5, 0.6) is 0 Å². The number of hydrogen-bond acceptors (Lipinski definition) is 4. The lowest BCUT2D eigenvalue weighted by molar-refractivity contribution is -0.129. The summed E-state index contributed by atoms with van der Waals surface area (Å²) in [5, 5.41) is 2.73. The number of rotatable bonds is 7. The normalized spacial score (nSPS) is 14.1. The van der Waals surface area contributed by atoms with E-state index in [-0.39, 0.29) is 11.9 Å². The minimum absolute atomic E-state index is 0.296. The van der Waals surface area contributed by atoms with Gasteiger partial charge in [0.25, 0.3) is 5.91 Å². The lowest BCUT2D eigenvalue weighted by atomic mass is 10.1. The van der Waals surface area contributed by atoms with Gasteiger partial charge in [0, 0.05) is 22.8 Å². The van der Waals surface area contributed by atoms with E-state index in [0.29, 0.717) is 11.3 Å². The number of carbonyl (C=O) groups excluding carboxylic acids is 2. The van der Waals surface area contributed by atoms with Crippen molar-refractivity contribution in [3.63, 3.8) is 0 Å². The van der Waals surface area contributed by atoms with E-state index in [1.165, 1.54) is 19.1 Å². The first-order valence-corrected chi connectivity index (χ1v) is 10.1. The lowest BCUT2D eigenvalue weighted by Gasteiger charge is -2.18. The van der Waals surface area contributed by atoms with Gasteiger partial charge < -0.3 is 10.1 Å². The third-order valence-corrected chi connectivity index (χ3v) is 4.65. The summed E-state index contributed by atoms with van der Waals surface area (Å²) < 4.78 is 29.5. The van der Waals surface area contributed by atoms with Gasteiger partial charge in [-0.3, -0.25) is 9.00 Å². The number of amides is 1. The second-order valence-electron chi connectivity index (χ2n) is 6.25. The largest absolute Gasteiger partial charge is 0.449 e. The predicted molar refractivity (Wildman–Crippen MR) is 102 cm³/mol. The molecule has 2 aromatic carbocycles. The smallest absolute Gasteiger partial charge is 0.338 e. The van der Waals surface area contributed by atoms with Crippen LogP contribution in [0.1, 0.15) is 41.4 Å². The zero-order valence-corrected chi connectivity index (χ0v) is 16.2. The number of carbonyl (C=O) groups is 2. The van der Waals surface area contributed by atoms with Gasteiger partial charge >= 0.3 is 5.97 Å². The number of benzene rings is 2. The molecule has 0 spiro atoms. The molecule has 0 saturated heterocycles. The molecule has 0 radical (unpaired) electrons. The molecular weight excluding hydrogens is 369 g/mol. The van der Waals surface area contributed by atoms with Crippen LogP contribution in [0.2, 0.25) is 0 Å². The first-order chi connectivity index (χ1) is 12.8.